The van der Waals surface area contributed by atoms with Gasteiger partial charge in [0.1, 0.15) is 5.82 Å². The molecule has 0 radical (unpaired) electrons. The van der Waals surface area contributed by atoms with Crippen LogP contribution >= 0.6 is 34.8 Å². The molecule has 1 aliphatic carbocycles. The molecule has 0 saturated heterocycles. The minimum Gasteiger partial charge on any atom is -0.369 e. The van der Waals surface area contributed by atoms with E-state index in [0.29, 0.717) is 21.8 Å². The Labute approximate surface area is 110 Å². The first-order valence-electron chi connectivity index (χ1n) is 5.36. The predicted molar refractivity (Wildman–Crippen MR) is 69.7 cm³/mol. The van der Waals surface area contributed by atoms with E-state index in [1.165, 1.54) is 12.8 Å². The monoisotopic (exact) mass is 278 g/mol. The molecule has 0 amide bonds. The fourth-order valence-electron chi connectivity index (χ4n) is 1.99. The van der Waals surface area contributed by atoms with Gasteiger partial charge in [0.2, 0.25) is 0 Å². The van der Waals surface area contributed by atoms with Crippen molar-refractivity contribution in [1.82, 2.24) is 4.98 Å². The van der Waals surface area contributed by atoms with Crippen molar-refractivity contribution in [3.8, 4) is 0 Å². The maximum Gasteiger partial charge on any atom is 0.144 e. The van der Waals surface area contributed by atoms with Crippen LogP contribution in [0.25, 0.3) is 0 Å². The molecule has 0 bridgehead atoms. The highest BCUT2D eigenvalue weighted by Gasteiger charge is 2.25. The number of aromatic nitrogens is 1. The Morgan fingerprint density at radius 3 is 2.81 bits per heavy atom. The fraction of sp³-hybridized carbons (Fsp3) is 0.545. The van der Waals surface area contributed by atoms with Gasteiger partial charge in [-0.1, -0.05) is 29.6 Å². The zero-order chi connectivity index (χ0) is 11.5. The third-order valence-electron chi connectivity index (χ3n) is 2.91. The summed E-state index contributed by atoms with van der Waals surface area (Å²) in [4.78, 5) is 4.15. The predicted octanol–water partition coefficient (Wildman–Crippen LogP) is 4.21. The Morgan fingerprint density at radius 1 is 1.38 bits per heavy atom. The number of hydrogen-bond acceptors (Lipinski definition) is 2. The number of anilines is 1. The summed E-state index contributed by atoms with van der Waals surface area (Å²) >= 11 is 18.0. The van der Waals surface area contributed by atoms with Gasteiger partial charge in [-0.25, -0.2) is 4.98 Å². The summed E-state index contributed by atoms with van der Waals surface area (Å²) in [6.45, 7) is 0.822. The largest absolute Gasteiger partial charge is 0.369 e. The van der Waals surface area contributed by atoms with E-state index in [0.717, 1.165) is 13.0 Å². The molecule has 1 aromatic heterocycles. The van der Waals surface area contributed by atoms with Crippen LogP contribution in [0, 0.1) is 5.92 Å². The van der Waals surface area contributed by atoms with Gasteiger partial charge in [-0.2, -0.15) is 0 Å². The van der Waals surface area contributed by atoms with Crippen LogP contribution < -0.4 is 5.32 Å². The number of nitrogens with one attached hydrogen (secondary N) is 1. The molecular weight excluding hydrogens is 266 g/mol. The third-order valence-corrected chi connectivity index (χ3v) is 3.98. The van der Waals surface area contributed by atoms with Crippen molar-refractivity contribution >= 4 is 40.6 Å². The molecule has 2 unspecified atom stereocenters. The lowest BCUT2D eigenvalue weighted by Crippen LogP contribution is -2.19. The van der Waals surface area contributed by atoms with Crippen molar-refractivity contribution in [3.63, 3.8) is 0 Å². The highest BCUT2D eigenvalue weighted by atomic mass is 35.5. The molecule has 1 saturated carbocycles. The second kappa shape index (κ2) is 5.44. The van der Waals surface area contributed by atoms with Crippen LogP contribution in [0.1, 0.15) is 19.3 Å². The Kier molecular flexibility index (Phi) is 4.17. The summed E-state index contributed by atoms with van der Waals surface area (Å²) in [5.74, 6) is 1.19. The summed E-state index contributed by atoms with van der Waals surface area (Å²) in [5, 5.41) is 4.60. The number of hydrogen-bond donors (Lipinski definition) is 1. The third kappa shape index (κ3) is 2.93. The van der Waals surface area contributed by atoms with Crippen LogP contribution in [-0.2, 0) is 0 Å². The molecular formula is C11H13Cl3N2. The molecule has 1 heterocycles. The number of pyridine rings is 1. The summed E-state index contributed by atoms with van der Waals surface area (Å²) in [6.07, 6.45) is 5.08. The summed E-state index contributed by atoms with van der Waals surface area (Å²) in [6, 6.07) is 1.69. The van der Waals surface area contributed by atoms with E-state index in [2.05, 4.69) is 10.3 Å². The van der Waals surface area contributed by atoms with Crippen LogP contribution in [0.4, 0.5) is 5.82 Å². The normalized spacial score (nSPS) is 24.7. The molecule has 1 aromatic rings. The van der Waals surface area contributed by atoms with E-state index in [1.54, 1.807) is 12.3 Å². The van der Waals surface area contributed by atoms with Gasteiger partial charge >= 0.3 is 0 Å². The molecule has 2 atom stereocenters. The lowest BCUT2D eigenvalue weighted by molar-refractivity contribution is 0.585. The number of rotatable bonds is 3. The van der Waals surface area contributed by atoms with Gasteiger partial charge in [0.05, 0.1) is 10.0 Å². The maximum absolute atomic E-state index is 6.19. The molecule has 1 fully saturated rings. The standard InChI is InChI=1S/C11H13Cl3N2/c12-8-4-10(14)11(16-6-8)15-5-7-2-1-3-9(7)13/h4,6-7,9H,1-3,5H2,(H,15,16). The maximum atomic E-state index is 6.19. The lowest BCUT2D eigenvalue weighted by Gasteiger charge is -2.15. The van der Waals surface area contributed by atoms with Crippen molar-refractivity contribution in [1.29, 1.82) is 0 Å². The first-order valence-corrected chi connectivity index (χ1v) is 6.55. The van der Waals surface area contributed by atoms with Gasteiger partial charge < -0.3 is 5.32 Å². The zero-order valence-corrected chi connectivity index (χ0v) is 11.0. The first kappa shape index (κ1) is 12.3. The molecule has 16 heavy (non-hydrogen) atoms. The Bertz CT molecular complexity index is 370. The average molecular weight is 280 g/mol. The highest BCUT2D eigenvalue weighted by molar-refractivity contribution is 6.35. The van der Waals surface area contributed by atoms with Crippen molar-refractivity contribution in [2.45, 2.75) is 24.6 Å². The Balaban J connectivity index is 1.94. The van der Waals surface area contributed by atoms with E-state index in [1.807, 2.05) is 0 Å². The van der Waals surface area contributed by atoms with E-state index < -0.39 is 0 Å². The average Bonchev–Trinajstić information content (AvgIpc) is 2.63. The minimum atomic E-state index is 0.276. The molecule has 0 aromatic carbocycles. The van der Waals surface area contributed by atoms with Gasteiger partial charge in [0.25, 0.3) is 0 Å². The van der Waals surface area contributed by atoms with E-state index in [4.69, 9.17) is 34.8 Å². The van der Waals surface area contributed by atoms with E-state index in [9.17, 15) is 0 Å². The van der Waals surface area contributed by atoms with Crippen molar-refractivity contribution in [2.75, 3.05) is 11.9 Å². The quantitative estimate of drug-likeness (QED) is 0.839. The molecule has 88 valence electrons. The lowest BCUT2D eigenvalue weighted by atomic mass is 10.1. The second-order valence-corrected chi connectivity index (χ2v) is 5.48. The number of halogens is 3. The van der Waals surface area contributed by atoms with Crippen molar-refractivity contribution in [3.05, 3.63) is 22.3 Å². The van der Waals surface area contributed by atoms with Crippen LogP contribution in [0.5, 0.6) is 0 Å². The molecule has 2 nitrogen and oxygen atoms in total. The molecule has 1 N–H and O–H groups in total. The molecule has 2 rings (SSSR count). The van der Waals surface area contributed by atoms with Gasteiger partial charge in [-0.3, -0.25) is 0 Å². The van der Waals surface area contributed by atoms with Gasteiger partial charge in [-0.15, -0.1) is 11.6 Å². The summed E-state index contributed by atoms with van der Waals surface area (Å²) < 4.78 is 0. The van der Waals surface area contributed by atoms with E-state index >= 15 is 0 Å². The second-order valence-electron chi connectivity index (χ2n) is 4.07. The molecule has 0 spiro atoms. The van der Waals surface area contributed by atoms with Crippen molar-refractivity contribution < 1.29 is 0 Å². The van der Waals surface area contributed by atoms with Gasteiger partial charge in [0.15, 0.2) is 0 Å². The first-order chi connectivity index (χ1) is 7.66. The van der Waals surface area contributed by atoms with Crippen LogP contribution in [-0.4, -0.2) is 16.9 Å². The summed E-state index contributed by atoms with van der Waals surface area (Å²) in [7, 11) is 0. The number of alkyl halides is 1. The minimum absolute atomic E-state index is 0.276. The smallest absolute Gasteiger partial charge is 0.144 e. The molecule has 1 aliphatic rings. The molecule has 0 aliphatic heterocycles. The van der Waals surface area contributed by atoms with Gasteiger partial charge in [0, 0.05) is 18.1 Å². The zero-order valence-electron chi connectivity index (χ0n) is 8.72. The Hall–Kier alpha value is -0.180. The van der Waals surface area contributed by atoms with Crippen LogP contribution in [0.2, 0.25) is 10.0 Å². The van der Waals surface area contributed by atoms with Crippen LogP contribution in [0.15, 0.2) is 12.3 Å². The summed E-state index contributed by atoms with van der Waals surface area (Å²) in [5.41, 5.74) is 0. The number of nitrogens with zero attached hydrogens (tertiary/aromatic N) is 1. The van der Waals surface area contributed by atoms with Gasteiger partial charge in [-0.05, 0) is 24.8 Å². The SMILES string of the molecule is Clc1cnc(NCC2CCCC2Cl)c(Cl)c1. The Morgan fingerprint density at radius 2 is 2.19 bits per heavy atom. The van der Waals surface area contributed by atoms with Crippen LogP contribution in [0.3, 0.4) is 0 Å². The van der Waals surface area contributed by atoms with Crippen molar-refractivity contribution in [2.24, 2.45) is 5.92 Å². The fourth-order valence-corrected chi connectivity index (χ4v) is 2.81. The topological polar surface area (TPSA) is 24.9 Å². The molecule has 5 heteroatoms. The highest BCUT2D eigenvalue weighted by Crippen LogP contribution is 2.31. The van der Waals surface area contributed by atoms with E-state index in [-0.39, 0.29) is 5.38 Å².